The van der Waals surface area contributed by atoms with Crippen LogP contribution in [0, 0.1) is 0 Å². The average Bonchev–Trinajstić information content (AvgIpc) is 3.12. The van der Waals surface area contributed by atoms with Crippen LogP contribution in [-0.2, 0) is 6.42 Å². The first-order valence-electron chi connectivity index (χ1n) is 8.48. The number of thiocarbonyl (C=S) groups is 1. The number of hydrogen-bond donors (Lipinski definition) is 1. The molecule has 0 fully saturated rings. The molecule has 3 aliphatic rings. The number of ether oxygens (including phenoxy) is 4. The largest absolute Gasteiger partial charge is 0.493 e. The van der Waals surface area contributed by atoms with E-state index in [1.807, 2.05) is 18.2 Å². The number of fused-ring (bicyclic) bond motifs is 6. The molecular weight excluding hydrogens is 352 g/mol. The first kappa shape index (κ1) is 15.6. The molecule has 134 valence electrons. The highest BCUT2D eigenvalue weighted by Gasteiger charge is 2.37. The molecule has 0 aliphatic carbocycles. The van der Waals surface area contributed by atoms with E-state index in [4.69, 9.17) is 31.2 Å². The molecule has 2 aromatic carbocycles. The Morgan fingerprint density at radius 3 is 2.58 bits per heavy atom. The van der Waals surface area contributed by atoms with Crippen molar-refractivity contribution >= 4 is 28.7 Å². The lowest BCUT2D eigenvalue weighted by atomic mass is 9.89. The van der Waals surface area contributed by atoms with Crippen molar-refractivity contribution < 1.29 is 18.9 Å². The normalized spacial score (nSPS) is 19.2. The van der Waals surface area contributed by atoms with Crippen LogP contribution in [0.25, 0.3) is 0 Å². The molecule has 3 heterocycles. The lowest BCUT2D eigenvalue weighted by molar-refractivity contribution is 0.174. The van der Waals surface area contributed by atoms with Gasteiger partial charge in [-0.05, 0) is 42.8 Å². The minimum atomic E-state index is 0.145. The maximum Gasteiger partial charge on any atom is 0.231 e. The molecule has 1 atom stereocenters. The second-order valence-corrected chi connectivity index (χ2v) is 6.87. The fourth-order valence-corrected chi connectivity index (χ4v) is 4.32. The van der Waals surface area contributed by atoms with Crippen LogP contribution in [0.5, 0.6) is 23.0 Å². The second kappa shape index (κ2) is 5.67. The molecule has 3 aliphatic heterocycles. The molecule has 5 rings (SSSR count). The minimum Gasteiger partial charge on any atom is -0.493 e. The zero-order valence-electron chi connectivity index (χ0n) is 14.5. The van der Waals surface area contributed by atoms with E-state index >= 15 is 0 Å². The van der Waals surface area contributed by atoms with Crippen molar-refractivity contribution in [1.82, 2.24) is 0 Å². The van der Waals surface area contributed by atoms with Gasteiger partial charge in [0, 0.05) is 23.4 Å². The first-order valence-corrected chi connectivity index (χ1v) is 8.89. The summed E-state index contributed by atoms with van der Waals surface area (Å²) in [5.41, 5.74) is 4.42. The number of nitrogens with zero attached hydrogens (tertiary/aromatic N) is 1. The summed E-state index contributed by atoms with van der Waals surface area (Å²) in [5.74, 6) is 2.99. The molecule has 26 heavy (non-hydrogen) atoms. The molecule has 7 heteroatoms. The summed E-state index contributed by atoms with van der Waals surface area (Å²) in [6.07, 6.45) is 1.90. The first-order chi connectivity index (χ1) is 12.7. The summed E-state index contributed by atoms with van der Waals surface area (Å²) in [6, 6.07) is 8.24. The Labute approximate surface area is 156 Å². The molecule has 1 N–H and O–H groups in total. The molecule has 0 amide bonds. The molecule has 0 radical (unpaired) electrons. The highest BCUT2D eigenvalue weighted by atomic mass is 32.1. The number of rotatable bonds is 2. The van der Waals surface area contributed by atoms with Gasteiger partial charge in [0.25, 0.3) is 0 Å². The van der Waals surface area contributed by atoms with Crippen LogP contribution in [0.3, 0.4) is 0 Å². The fourth-order valence-electron chi connectivity index (χ4n) is 3.99. The van der Waals surface area contributed by atoms with Crippen molar-refractivity contribution in [3.63, 3.8) is 0 Å². The Hall–Kier alpha value is -2.67. The third kappa shape index (κ3) is 2.13. The van der Waals surface area contributed by atoms with Crippen LogP contribution in [0.1, 0.15) is 23.6 Å². The molecule has 6 nitrogen and oxygen atoms in total. The van der Waals surface area contributed by atoms with Crippen LogP contribution in [-0.4, -0.2) is 26.1 Å². The van der Waals surface area contributed by atoms with Gasteiger partial charge in [-0.15, -0.1) is 0 Å². The van der Waals surface area contributed by atoms with E-state index in [2.05, 4.69) is 16.3 Å². The summed E-state index contributed by atoms with van der Waals surface area (Å²) < 4.78 is 22.0. The van der Waals surface area contributed by atoms with Crippen molar-refractivity contribution in [3.05, 3.63) is 35.4 Å². The number of benzene rings is 2. The maximum atomic E-state index is 5.70. The van der Waals surface area contributed by atoms with E-state index in [0.717, 1.165) is 47.0 Å². The SMILES string of the molecule is COc1cc2c(cc1OC)C1CCc3cc4c(cc3N1C(=S)N2)OCO4. The Balaban J connectivity index is 1.64. The van der Waals surface area contributed by atoms with Gasteiger partial charge in [0.2, 0.25) is 6.79 Å². The summed E-state index contributed by atoms with van der Waals surface area (Å²) in [5, 5.41) is 4.02. The Kier molecular flexibility index (Phi) is 3.40. The van der Waals surface area contributed by atoms with Crippen molar-refractivity contribution in [2.45, 2.75) is 18.9 Å². The van der Waals surface area contributed by atoms with Gasteiger partial charge in [0.05, 0.1) is 25.9 Å². The van der Waals surface area contributed by atoms with E-state index in [1.165, 1.54) is 5.56 Å². The Morgan fingerprint density at radius 2 is 1.81 bits per heavy atom. The summed E-state index contributed by atoms with van der Waals surface area (Å²) in [4.78, 5) is 2.17. The van der Waals surface area contributed by atoms with Gasteiger partial charge in [-0.25, -0.2) is 0 Å². The van der Waals surface area contributed by atoms with Crippen molar-refractivity contribution in [2.24, 2.45) is 0 Å². The number of aryl methyl sites for hydroxylation is 1. The van der Waals surface area contributed by atoms with E-state index in [-0.39, 0.29) is 12.8 Å². The van der Waals surface area contributed by atoms with E-state index in [1.54, 1.807) is 14.2 Å². The quantitative estimate of drug-likeness (QED) is 0.810. The topological polar surface area (TPSA) is 52.2 Å². The molecule has 0 bridgehead atoms. The third-order valence-corrected chi connectivity index (χ3v) is 5.51. The summed E-state index contributed by atoms with van der Waals surface area (Å²) in [7, 11) is 3.29. The van der Waals surface area contributed by atoms with Gasteiger partial charge < -0.3 is 29.2 Å². The number of anilines is 2. The Bertz CT molecular complexity index is 930. The molecule has 0 saturated carbocycles. The molecule has 0 spiro atoms. The van der Waals surface area contributed by atoms with Crippen LogP contribution < -0.4 is 29.2 Å². The zero-order valence-corrected chi connectivity index (χ0v) is 15.3. The zero-order chi connectivity index (χ0) is 17.8. The van der Waals surface area contributed by atoms with Gasteiger partial charge in [0.15, 0.2) is 28.1 Å². The minimum absolute atomic E-state index is 0.145. The van der Waals surface area contributed by atoms with Crippen LogP contribution in [0.4, 0.5) is 11.4 Å². The van der Waals surface area contributed by atoms with Gasteiger partial charge >= 0.3 is 0 Å². The smallest absolute Gasteiger partial charge is 0.231 e. The highest BCUT2D eigenvalue weighted by molar-refractivity contribution is 7.80. The van der Waals surface area contributed by atoms with Gasteiger partial charge in [0.1, 0.15) is 0 Å². The molecular formula is C19H18N2O4S. The predicted molar refractivity (Wildman–Crippen MR) is 102 cm³/mol. The van der Waals surface area contributed by atoms with Gasteiger partial charge in [-0.2, -0.15) is 0 Å². The molecule has 0 saturated heterocycles. The van der Waals surface area contributed by atoms with Crippen molar-refractivity contribution in [1.29, 1.82) is 0 Å². The fraction of sp³-hybridized carbons (Fsp3) is 0.316. The highest BCUT2D eigenvalue weighted by Crippen LogP contribution is 2.49. The second-order valence-electron chi connectivity index (χ2n) is 6.48. The van der Waals surface area contributed by atoms with Crippen molar-refractivity contribution in [2.75, 3.05) is 31.2 Å². The Morgan fingerprint density at radius 1 is 1.08 bits per heavy atom. The predicted octanol–water partition coefficient (Wildman–Crippen LogP) is 3.64. The maximum absolute atomic E-state index is 5.70. The standard InChI is InChI=1S/C19H18N2O4S/c1-22-15-6-11-12(7-16(15)23-2)20-19(26)21-13(11)4-3-10-5-17-18(8-14(10)21)25-9-24-17/h5-8,13H,3-4,9H2,1-2H3,(H,20,26). The van der Waals surface area contributed by atoms with Crippen LogP contribution in [0.2, 0.25) is 0 Å². The number of hydrogen-bond acceptors (Lipinski definition) is 5. The lowest BCUT2D eigenvalue weighted by Gasteiger charge is -2.43. The molecule has 1 unspecified atom stereocenters. The third-order valence-electron chi connectivity index (χ3n) is 5.21. The summed E-state index contributed by atoms with van der Waals surface area (Å²) >= 11 is 5.70. The van der Waals surface area contributed by atoms with Crippen LogP contribution >= 0.6 is 12.2 Å². The number of methoxy groups -OCH3 is 2. The average molecular weight is 370 g/mol. The molecule has 2 aromatic rings. The monoisotopic (exact) mass is 370 g/mol. The summed E-state index contributed by atoms with van der Waals surface area (Å²) in [6.45, 7) is 0.268. The number of nitrogens with one attached hydrogen (secondary N) is 1. The van der Waals surface area contributed by atoms with E-state index in [0.29, 0.717) is 10.9 Å². The lowest BCUT2D eigenvalue weighted by Crippen LogP contribution is -2.44. The van der Waals surface area contributed by atoms with E-state index in [9.17, 15) is 0 Å². The van der Waals surface area contributed by atoms with Gasteiger partial charge in [-0.1, -0.05) is 0 Å². The van der Waals surface area contributed by atoms with Crippen LogP contribution in [0.15, 0.2) is 24.3 Å². The molecule has 0 aromatic heterocycles. The van der Waals surface area contributed by atoms with Crippen molar-refractivity contribution in [3.8, 4) is 23.0 Å². The van der Waals surface area contributed by atoms with Gasteiger partial charge in [-0.3, -0.25) is 0 Å². The van der Waals surface area contributed by atoms with E-state index < -0.39 is 0 Å².